The van der Waals surface area contributed by atoms with Crippen LogP contribution in [0.5, 0.6) is 0 Å². The maximum atomic E-state index is 9.53. The highest BCUT2D eigenvalue weighted by molar-refractivity contribution is 8.00. The summed E-state index contributed by atoms with van der Waals surface area (Å²) in [6.45, 7) is 0. The second-order valence-corrected chi connectivity index (χ2v) is 31.3. The first-order valence-corrected chi connectivity index (χ1v) is 40.3. The van der Waals surface area contributed by atoms with Crippen LogP contribution in [0.3, 0.4) is 0 Å². The number of fused-ring (bicyclic) bond motifs is 18. The van der Waals surface area contributed by atoms with Crippen molar-refractivity contribution in [3.8, 4) is 147 Å². The third kappa shape index (κ3) is 11.4. The third-order valence-corrected chi connectivity index (χ3v) is 25.4. The zero-order valence-corrected chi connectivity index (χ0v) is 64.0. The molecule has 16 aromatic carbocycles. The molecular formula is C106H64N8S2. The van der Waals surface area contributed by atoms with Gasteiger partial charge in [-0.3, -0.25) is 0 Å². The van der Waals surface area contributed by atoms with Crippen molar-refractivity contribution < 1.29 is 0 Å². The monoisotopic (exact) mass is 1510 g/mol. The Hall–Kier alpha value is -14.8. The van der Waals surface area contributed by atoms with E-state index in [0.717, 1.165) is 66.8 Å². The van der Waals surface area contributed by atoms with E-state index >= 15 is 0 Å². The van der Waals surface area contributed by atoms with E-state index in [1.807, 2.05) is 157 Å². The van der Waals surface area contributed by atoms with Gasteiger partial charge in [-0.2, -0.15) is 10.5 Å². The van der Waals surface area contributed by atoms with E-state index in [2.05, 4.69) is 267 Å². The molecule has 4 aliphatic rings. The number of nitriles is 2. The van der Waals surface area contributed by atoms with Gasteiger partial charge in [0.2, 0.25) is 0 Å². The van der Waals surface area contributed by atoms with E-state index < -0.39 is 10.8 Å². The lowest BCUT2D eigenvalue weighted by atomic mass is 9.67. The lowest BCUT2D eigenvalue weighted by molar-refractivity contribution is 0.723. The molecule has 0 bridgehead atoms. The van der Waals surface area contributed by atoms with Gasteiger partial charge in [0.25, 0.3) is 0 Å². The van der Waals surface area contributed by atoms with Crippen molar-refractivity contribution in [2.45, 2.75) is 30.4 Å². The first-order valence-electron chi connectivity index (χ1n) is 38.7. The lowest BCUT2D eigenvalue weighted by Gasteiger charge is -2.40. The average molecular weight is 1510 g/mol. The van der Waals surface area contributed by atoms with Crippen LogP contribution in [0.4, 0.5) is 0 Å². The van der Waals surface area contributed by atoms with E-state index in [1.54, 1.807) is 0 Å². The van der Waals surface area contributed by atoms with Crippen LogP contribution >= 0.6 is 23.5 Å². The topological polar surface area (TPSA) is 125 Å². The molecule has 2 aliphatic carbocycles. The Kier molecular flexibility index (Phi) is 17.2. The van der Waals surface area contributed by atoms with Gasteiger partial charge >= 0.3 is 0 Å². The van der Waals surface area contributed by atoms with E-state index in [9.17, 15) is 10.5 Å². The summed E-state index contributed by atoms with van der Waals surface area (Å²) < 4.78 is 0. The van der Waals surface area contributed by atoms with E-state index in [1.165, 1.54) is 97.5 Å². The van der Waals surface area contributed by atoms with Crippen molar-refractivity contribution in [2.24, 2.45) is 0 Å². The Labute approximate surface area is 680 Å². The number of hydrogen-bond acceptors (Lipinski definition) is 10. The third-order valence-electron chi connectivity index (χ3n) is 22.9. The Morgan fingerprint density at radius 3 is 0.845 bits per heavy atom. The van der Waals surface area contributed by atoms with Crippen LogP contribution in [0, 0.1) is 22.7 Å². The lowest BCUT2D eigenvalue weighted by Crippen LogP contribution is -2.32. The highest BCUT2D eigenvalue weighted by atomic mass is 32.2. The maximum Gasteiger partial charge on any atom is 0.164 e. The number of aromatic nitrogens is 6. The molecule has 0 N–H and O–H groups in total. The molecular weight excluding hydrogens is 1450 g/mol. The van der Waals surface area contributed by atoms with Gasteiger partial charge in [-0.15, -0.1) is 0 Å². The Bertz CT molecular complexity index is 6890. The second kappa shape index (κ2) is 28.8. The first kappa shape index (κ1) is 69.2. The summed E-state index contributed by atoms with van der Waals surface area (Å²) in [5.41, 5.74) is 29.9. The zero-order chi connectivity index (χ0) is 77.3. The molecule has 2 aliphatic heterocycles. The maximum absolute atomic E-state index is 9.53. The number of nitrogens with zero attached hydrogens (tertiary/aromatic N) is 8. The molecule has 116 heavy (non-hydrogen) atoms. The molecule has 2 aromatic heterocycles. The van der Waals surface area contributed by atoms with Crippen LogP contribution in [-0.2, 0) is 10.8 Å². The summed E-state index contributed by atoms with van der Waals surface area (Å²) in [4.78, 5) is 35.3. The minimum absolute atomic E-state index is 0.534. The summed E-state index contributed by atoms with van der Waals surface area (Å²) in [7, 11) is 0. The number of rotatable bonds is 10. The molecule has 2 unspecified atom stereocenters. The predicted octanol–water partition coefficient (Wildman–Crippen LogP) is 25.8. The fourth-order valence-electron chi connectivity index (χ4n) is 17.8. The summed E-state index contributed by atoms with van der Waals surface area (Å²) in [6, 6.07) is 141. The molecule has 0 saturated heterocycles. The first-order chi connectivity index (χ1) is 57.4. The fraction of sp³-hybridized carbons (Fsp3) is 0.0189. The standard InChI is InChI=1S/2C53H32N4S/c54-33-34-25-27-35(28-26-34)36-29-31-37(32-30-36)40-18-11-23-46-49(40)58-47-24-10-9-21-44(47)53(46)43-20-8-7-17-41(43)48-42(19-12-22-45(48)53)52-56-50(38-13-3-1-4-14-38)55-51(57-52)39-15-5-2-6-16-39;54-33-34-25-27-36(28-26-34)41-19-12-23-46-49(41)58-47-24-10-9-21-44(47)53(46)43-20-8-7-17-42(43)48-40(18-11-22-45(48)53)35-29-31-39(32-30-35)52-56-50(37-13-3-1-4-14-37)55-51(57-52)38-15-5-2-6-16-38/h2*1-32H. The van der Waals surface area contributed by atoms with E-state index in [4.69, 9.17) is 29.9 Å². The van der Waals surface area contributed by atoms with E-state index in [0.29, 0.717) is 46.1 Å². The van der Waals surface area contributed by atoms with Crippen molar-refractivity contribution in [1.29, 1.82) is 10.5 Å². The van der Waals surface area contributed by atoms with Crippen LogP contribution in [0.1, 0.15) is 55.6 Å². The molecule has 2 spiro atoms. The number of hydrogen-bond donors (Lipinski definition) is 0. The van der Waals surface area contributed by atoms with Gasteiger partial charge in [0, 0.05) is 53.0 Å². The molecule has 540 valence electrons. The predicted molar refractivity (Wildman–Crippen MR) is 466 cm³/mol. The fourth-order valence-corrected chi connectivity index (χ4v) is 20.4. The highest BCUT2D eigenvalue weighted by Crippen LogP contribution is 2.67. The van der Waals surface area contributed by atoms with Gasteiger partial charge in [0.05, 0.1) is 34.1 Å². The van der Waals surface area contributed by atoms with Crippen molar-refractivity contribution in [3.63, 3.8) is 0 Å². The molecule has 0 amide bonds. The summed E-state index contributed by atoms with van der Waals surface area (Å²) >= 11 is 3.70. The largest absolute Gasteiger partial charge is 0.208 e. The van der Waals surface area contributed by atoms with E-state index in [-0.39, 0.29) is 0 Å². The molecule has 0 fully saturated rings. The smallest absolute Gasteiger partial charge is 0.164 e. The molecule has 4 heterocycles. The normalized spacial score (nSPS) is 14.5. The summed E-state index contributed by atoms with van der Waals surface area (Å²) in [5, 5.41) is 18.8. The molecule has 22 rings (SSSR count). The quantitative estimate of drug-likeness (QED) is 0.131. The van der Waals surface area contributed by atoms with Gasteiger partial charge in [-0.25, -0.2) is 29.9 Å². The van der Waals surface area contributed by atoms with Crippen LogP contribution in [0.25, 0.3) is 135 Å². The Morgan fingerprint density at radius 1 is 0.190 bits per heavy atom. The molecule has 0 saturated carbocycles. The van der Waals surface area contributed by atoms with Crippen molar-refractivity contribution in [2.75, 3.05) is 0 Å². The SMILES string of the molecule is N#Cc1ccc(-c2ccc(-c3cccc4c3Sc3ccccc3C43c4ccccc4-c4c(-c5nc(-c6ccccc6)nc(-c6ccccc6)n5)cccc43)cc2)cc1.N#Cc1ccc(-c2cccc3c2Sc2ccccc2C32c3ccccc3-c3c(-c4ccc(-c5nc(-c6ccccc6)nc(-c6ccccc6)n5)cc4)cccc32)cc1. The minimum Gasteiger partial charge on any atom is -0.208 e. The zero-order valence-electron chi connectivity index (χ0n) is 62.3. The molecule has 18 aromatic rings. The van der Waals surface area contributed by atoms with Gasteiger partial charge in [0.1, 0.15) is 0 Å². The summed E-state index contributed by atoms with van der Waals surface area (Å²) in [5.74, 6) is 3.85. The van der Waals surface area contributed by atoms with Gasteiger partial charge in [-0.1, -0.05) is 375 Å². The Morgan fingerprint density at radius 2 is 0.448 bits per heavy atom. The van der Waals surface area contributed by atoms with Gasteiger partial charge in [0.15, 0.2) is 34.9 Å². The Balaban J connectivity index is 0.000000145. The van der Waals surface area contributed by atoms with Crippen LogP contribution < -0.4 is 0 Å². The second-order valence-electron chi connectivity index (χ2n) is 29.2. The molecule has 8 nitrogen and oxygen atoms in total. The number of benzene rings is 16. The van der Waals surface area contributed by atoms with Crippen molar-refractivity contribution in [3.05, 3.63) is 444 Å². The van der Waals surface area contributed by atoms with Crippen molar-refractivity contribution in [1.82, 2.24) is 29.9 Å². The van der Waals surface area contributed by atoms with Crippen LogP contribution in [0.2, 0.25) is 0 Å². The summed E-state index contributed by atoms with van der Waals surface area (Å²) in [6.07, 6.45) is 0. The van der Waals surface area contributed by atoms with Gasteiger partial charge in [-0.05, 0) is 148 Å². The van der Waals surface area contributed by atoms with Crippen LogP contribution in [-0.4, -0.2) is 29.9 Å². The van der Waals surface area contributed by atoms with Crippen LogP contribution in [0.15, 0.2) is 408 Å². The van der Waals surface area contributed by atoms with Gasteiger partial charge < -0.3 is 0 Å². The molecule has 2 atom stereocenters. The molecule has 10 heteroatoms. The highest BCUT2D eigenvalue weighted by Gasteiger charge is 2.53. The minimum atomic E-state index is -0.588. The van der Waals surface area contributed by atoms with Crippen molar-refractivity contribution >= 4 is 23.5 Å². The molecule has 0 radical (unpaired) electrons. The average Bonchev–Trinajstić information content (AvgIpc) is 1.50.